The number of β-amino-alcohol motifs (C(OH)–C–C–N with tert-alkyl or cyclic N) is 1. The van der Waals surface area contributed by atoms with Crippen LogP contribution in [0.25, 0.3) is 11.1 Å². The second-order valence-corrected chi connectivity index (χ2v) is 10.2. The minimum atomic E-state index is -0.969. The number of carboxylic acids is 1. The predicted molar refractivity (Wildman–Crippen MR) is 147 cm³/mol. The van der Waals surface area contributed by atoms with Crippen molar-refractivity contribution in [1.82, 2.24) is 5.32 Å². The quantitative estimate of drug-likeness (QED) is 0.292. The highest BCUT2D eigenvalue weighted by molar-refractivity contribution is 5.91. The Morgan fingerprint density at radius 3 is 2.41 bits per heavy atom. The molecule has 0 aliphatic heterocycles. The molecule has 0 bridgehead atoms. The van der Waals surface area contributed by atoms with E-state index in [0.29, 0.717) is 12.1 Å². The van der Waals surface area contributed by atoms with Gasteiger partial charge in [0.05, 0.1) is 31.5 Å². The van der Waals surface area contributed by atoms with E-state index in [-0.39, 0.29) is 17.7 Å². The van der Waals surface area contributed by atoms with Gasteiger partial charge in [-0.2, -0.15) is 0 Å². The molecule has 3 aromatic rings. The number of hydrogen-bond acceptors (Lipinski definition) is 5. The van der Waals surface area contributed by atoms with Crippen LogP contribution < -0.4 is 10.1 Å². The van der Waals surface area contributed by atoms with Crippen molar-refractivity contribution in [3.63, 3.8) is 0 Å². The van der Waals surface area contributed by atoms with E-state index in [1.54, 1.807) is 13.2 Å². The van der Waals surface area contributed by atoms with Crippen molar-refractivity contribution in [3.05, 3.63) is 88.5 Å². The van der Waals surface area contributed by atoms with Gasteiger partial charge < -0.3 is 25.0 Å². The van der Waals surface area contributed by atoms with Gasteiger partial charge in [-0.3, -0.25) is 0 Å². The number of aliphatic hydroxyl groups is 1. The molecular weight excluding hydrogens is 466 g/mol. The number of aryl methyl sites for hydroxylation is 1. The van der Waals surface area contributed by atoms with Gasteiger partial charge in [-0.15, -0.1) is 0 Å². The smallest absolute Gasteiger partial charge is 0.335 e. The average molecular weight is 506 g/mol. The molecule has 0 aromatic heterocycles. The van der Waals surface area contributed by atoms with Crippen molar-refractivity contribution < 1.29 is 24.5 Å². The number of nitrogens with one attached hydrogen (secondary N) is 1. The van der Waals surface area contributed by atoms with Crippen LogP contribution in [-0.2, 0) is 11.2 Å². The molecule has 37 heavy (non-hydrogen) atoms. The molecule has 6 nitrogen and oxygen atoms in total. The monoisotopic (exact) mass is 505 g/mol. The predicted octanol–water partition coefficient (Wildman–Crippen LogP) is 5.73. The van der Waals surface area contributed by atoms with Crippen molar-refractivity contribution in [2.75, 3.05) is 20.3 Å². The van der Waals surface area contributed by atoms with Crippen molar-refractivity contribution in [1.29, 1.82) is 0 Å². The van der Waals surface area contributed by atoms with Crippen LogP contribution in [0.3, 0.4) is 0 Å². The lowest BCUT2D eigenvalue weighted by atomic mass is 9.90. The number of carbonyl (C=O) groups is 1. The SMILES string of the molecule is COc1cc(CC(C)(C)NC[C@H](O)COC(C)c2c(-c3ccccc3)ccc(C(=O)O)c2C)ccc1C. The molecule has 0 aliphatic rings. The second kappa shape index (κ2) is 12.4. The lowest BCUT2D eigenvalue weighted by Gasteiger charge is -2.29. The summed E-state index contributed by atoms with van der Waals surface area (Å²) in [5.74, 6) is -0.101. The fraction of sp³-hybridized carbons (Fsp3) is 0.387. The second-order valence-electron chi connectivity index (χ2n) is 10.2. The van der Waals surface area contributed by atoms with Crippen LogP contribution in [0.4, 0.5) is 0 Å². The first-order chi connectivity index (χ1) is 17.5. The van der Waals surface area contributed by atoms with Crippen molar-refractivity contribution >= 4 is 5.97 Å². The van der Waals surface area contributed by atoms with Crippen LogP contribution >= 0.6 is 0 Å². The highest BCUT2D eigenvalue weighted by atomic mass is 16.5. The summed E-state index contributed by atoms with van der Waals surface area (Å²) < 4.78 is 11.5. The van der Waals surface area contributed by atoms with Gasteiger partial charge in [0, 0.05) is 12.1 Å². The maximum atomic E-state index is 11.8. The fourth-order valence-corrected chi connectivity index (χ4v) is 4.69. The maximum Gasteiger partial charge on any atom is 0.335 e. The zero-order valence-electron chi connectivity index (χ0n) is 22.7. The van der Waals surface area contributed by atoms with Gasteiger partial charge in [0.1, 0.15) is 5.75 Å². The molecule has 0 fully saturated rings. The minimum Gasteiger partial charge on any atom is -0.496 e. The van der Waals surface area contributed by atoms with Gasteiger partial charge in [0.15, 0.2) is 0 Å². The number of aliphatic hydroxyl groups excluding tert-OH is 1. The van der Waals surface area contributed by atoms with Gasteiger partial charge in [-0.05, 0) is 86.6 Å². The molecule has 0 aliphatic carbocycles. The lowest BCUT2D eigenvalue weighted by molar-refractivity contribution is -0.00423. The van der Waals surface area contributed by atoms with Crippen LogP contribution in [0.1, 0.15) is 59.5 Å². The highest BCUT2D eigenvalue weighted by Crippen LogP contribution is 2.34. The Hall–Kier alpha value is -3.19. The number of benzene rings is 3. The summed E-state index contributed by atoms with van der Waals surface area (Å²) in [5.41, 5.74) is 5.66. The largest absolute Gasteiger partial charge is 0.496 e. The summed E-state index contributed by atoms with van der Waals surface area (Å²) in [6.45, 7) is 10.4. The first-order valence-corrected chi connectivity index (χ1v) is 12.6. The number of hydrogen-bond donors (Lipinski definition) is 3. The molecule has 3 aromatic carbocycles. The van der Waals surface area contributed by atoms with Crippen LogP contribution in [-0.4, -0.2) is 48.1 Å². The van der Waals surface area contributed by atoms with Gasteiger partial charge in [-0.1, -0.05) is 48.5 Å². The maximum absolute atomic E-state index is 11.8. The summed E-state index contributed by atoms with van der Waals surface area (Å²) in [6, 6.07) is 19.5. The number of aromatic carboxylic acids is 1. The number of ether oxygens (including phenoxy) is 2. The van der Waals surface area contributed by atoms with E-state index in [1.165, 1.54) is 0 Å². The van der Waals surface area contributed by atoms with E-state index in [0.717, 1.165) is 40.0 Å². The van der Waals surface area contributed by atoms with E-state index < -0.39 is 18.2 Å². The Bertz CT molecular complexity index is 1210. The highest BCUT2D eigenvalue weighted by Gasteiger charge is 2.23. The van der Waals surface area contributed by atoms with Gasteiger partial charge in [0.2, 0.25) is 0 Å². The molecule has 1 unspecified atom stereocenters. The minimum absolute atomic E-state index is 0.119. The Labute approximate surface area is 220 Å². The van der Waals surface area contributed by atoms with Crippen LogP contribution in [0.5, 0.6) is 5.75 Å². The topological polar surface area (TPSA) is 88.0 Å². The van der Waals surface area contributed by atoms with Crippen LogP contribution in [0.2, 0.25) is 0 Å². The van der Waals surface area contributed by atoms with Gasteiger partial charge in [-0.25, -0.2) is 4.79 Å². The number of rotatable bonds is 12. The summed E-state index contributed by atoms with van der Waals surface area (Å²) in [4.78, 5) is 11.8. The molecule has 0 saturated heterocycles. The number of carboxylic acid groups (broad SMARTS) is 1. The van der Waals surface area contributed by atoms with Crippen LogP contribution in [0.15, 0.2) is 60.7 Å². The van der Waals surface area contributed by atoms with Gasteiger partial charge in [0.25, 0.3) is 0 Å². The van der Waals surface area contributed by atoms with E-state index in [1.807, 2.05) is 57.2 Å². The molecule has 0 radical (unpaired) electrons. The van der Waals surface area contributed by atoms with Gasteiger partial charge >= 0.3 is 5.97 Å². The zero-order valence-corrected chi connectivity index (χ0v) is 22.7. The standard InChI is InChI=1S/C31H39NO5/c1-20-12-13-23(16-28(20)36-6)17-31(4,5)32-18-25(33)19-37-22(3)29-21(2)26(30(34)35)14-15-27(29)24-10-8-7-9-11-24/h7-16,22,25,32-33H,17-19H2,1-6H3,(H,34,35)/t22?,25-/m0/s1. The molecule has 0 saturated carbocycles. The van der Waals surface area contributed by atoms with Crippen molar-refractivity contribution in [3.8, 4) is 16.9 Å². The van der Waals surface area contributed by atoms with Crippen molar-refractivity contribution in [2.45, 2.75) is 58.8 Å². The van der Waals surface area contributed by atoms with E-state index in [2.05, 4.69) is 37.4 Å². The molecule has 3 rings (SSSR count). The van der Waals surface area contributed by atoms with E-state index in [4.69, 9.17) is 9.47 Å². The third-order valence-corrected chi connectivity index (χ3v) is 6.71. The molecule has 6 heteroatoms. The molecule has 198 valence electrons. The summed E-state index contributed by atoms with van der Waals surface area (Å²) >= 11 is 0. The Kier molecular flexibility index (Phi) is 9.49. The van der Waals surface area contributed by atoms with E-state index in [9.17, 15) is 15.0 Å². The Morgan fingerprint density at radius 1 is 1.05 bits per heavy atom. The van der Waals surface area contributed by atoms with E-state index >= 15 is 0 Å². The first-order valence-electron chi connectivity index (χ1n) is 12.6. The third-order valence-electron chi connectivity index (χ3n) is 6.71. The summed E-state index contributed by atoms with van der Waals surface area (Å²) in [6.07, 6.45) is -0.357. The zero-order chi connectivity index (χ0) is 27.2. The molecular formula is C31H39NO5. The molecule has 0 spiro atoms. The summed E-state index contributed by atoms with van der Waals surface area (Å²) in [5, 5.41) is 23.8. The molecule has 0 amide bonds. The molecule has 3 N–H and O–H groups in total. The lowest BCUT2D eigenvalue weighted by Crippen LogP contribution is -2.46. The molecule has 0 heterocycles. The Balaban J connectivity index is 1.65. The van der Waals surface area contributed by atoms with Crippen LogP contribution in [0, 0.1) is 13.8 Å². The first kappa shape index (κ1) is 28.4. The van der Waals surface area contributed by atoms with Crippen molar-refractivity contribution in [2.24, 2.45) is 0 Å². The Morgan fingerprint density at radius 2 is 1.76 bits per heavy atom. The third kappa shape index (κ3) is 7.41. The average Bonchev–Trinajstić information content (AvgIpc) is 2.87. The summed E-state index contributed by atoms with van der Waals surface area (Å²) in [7, 11) is 1.68. The fourth-order valence-electron chi connectivity index (χ4n) is 4.69. The number of methoxy groups -OCH3 is 1. The normalized spacial score (nSPS) is 13.3. The molecule has 2 atom stereocenters.